The molecule has 2 heterocycles. The van der Waals surface area contributed by atoms with Gasteiger partial charge in [-0.25, -0.2) is 4.98 Å². The van der Waals surface area contributed by atoms with Gasteiger partial charge in [-0.1, -0.05) is 12.8 Å². The second kappa shape index (κ2) is 4.68. The summed E-state index contributed by atoms with van der Waals surface area (Å²) in [5.74, 6) is 0.638. The summed E-state index contributed by atoms with van der Waals surface area (Å²) in [6.45, 7) is 1.55. The van der Waals surface area contributed by atoms with Gasteiger partial charge in [-0.15, -0.1) is 0 Å². The minimum atomic E-state index is 0.281. The van der Waals surface area contributed by atoms with E-state index < -0.39 is 0 Å². The van der Waals surface area contributed by atoms with Gasteiger partial charge >= 0.3 is 0 Å². The van der Waals surface area contributed by atoms with E-state index in [2.05, 4.69) is 20.9 Å². The number of nitrogens with zero attached hydrogens (tertiary/aromatic N) is 3. The molecule has 2 aliphatic rings. The van der Waals surface area contributed by atoms with Crippen molar-refractivity contribution in [3.63, 3.8) is 0 Å². The van der Waals surface area contributed by atoms with Crippen LogP contribution >= 0.6 is 15.9 Å². The molecule has 18 heavy (non-hydrogen) atoms. The van der Waals surface area contributed by atoms with E-state index in [1.165, 1.54) is 18.5 Å². The minimum absolute atomic E-state index is 0.281. The third-order valence-corrected chi connectivity index (χ3v) is 4.93. The molecule has 0 unspecified atom stereocenters. The lowest BCUT2D eigenvalue weighted by atomic mass is 10.0. The number of halogens is 1. The number of fused-ring (bicyclic) bond motifs is 1. The van der Waals surface area contributed by atoms with Gasteiger partial charge in [0.05, 0.1) is 17.9 Å². The standard InChI is InChI=1S/C13H18BrN3O/c1-16-11-8-17(7-6-10(11)15-13(16)14)12(18)9-4-2-3-5-9/h9H,2-8H2,1H3. The summed E-state index contributed by atoms with van der Waals surface area (Å²) in [6, 6.07) is 0. The fourth-order valence-corrected chi connectivity index (χ4v) is 3.50. The van der Waals surface area contributed by atoms with Crippen LogP contribution in [-0.4, -0.2) is 26.9 Å². The Morgan fingerprint density at radius 2 is 2.11 bits per heavy atom. The van der Waals surface area contributed by atoms with Crippen molar-refractivity contribution >= 4 is 21.8 Å². The molecule has 1 aliphatic heterocycles. The van der Waals surface area contributed by atoms with Crippen molar-refractivity contribution in [2.75, 3.05) is 6.54 Å². The van der Waals surface area contributed by atoms with E-state index in [9.17, 15) is 4.79 Å². The third kappa shape index (κ3) is 1.98. The van der Waals surface area contributed by atoms with Crippen LogP contribution in [0.5, 0.6) is 0 Å². The molecule has 0 atom stereocenters. The number of hydrogen-bond donors (Lipinski definition) is 0. The summed E-state index contributed by atoms with van der Waals surface area (Å²) in [4.78, 5) is 18.9. The molecule has 1 amide bonds. The fraction of sp³-hybridized carbons (Fsp3) is 0.692. The summed E-state index contributed by atoms with van der Waals surface area (Å²) in [5.41, 5.74) is 2.32. The van der Waals surface area contributed by atoms with E-state index in [4.69, 9.17) is 0 Å². The molecule has 0 bridgehead atoms. The van der Waals surface area contributed by atoms with Crippen LogP contribution in [0.15, 0.2) is 4.73 Å². The van der Waals surface area contributed by atoms with Crippen molar-refractivity contribution in [3.05, 3.63) is 16.1 Å². The Kier molecular flexibility index (Phi) is 3.18. The van der Waals surface area contributed by atoms with Crippen LogP contribution in [-0.2, 0) is 24.8 Å². The zero-order valence-electron chi connectivity index (χ0n) is 10.7. The van der Waals surface area contributed by atoms with Gasteiger partial charge in [0.25, 0.3) is 0 Å². The van der Waals surface area contributed by atoms with Crippen LogP contribution in [0, 0.1) is 5.92 Å². The molecular formula is C13H18BrN3O. The van der Waals surface area contributed by atoms with Crippen molar-refractivity contribution in [2.24, 2.45) is 13.0 Å². The summed E-state index contributed by atoms with van der Waals surface area (Å²) in [7, 11) is 2.00. The number of carbonyl (C=O) groups is 1. The summed E-state index contributed by atoms with van der Waals surface area (Å²) in [6.07, 6.45) is 5.47. The first-order valence-corrected chi connectivity index (χ1v) is 7.45. The third-order valence-electron chi connectivity index (χ3n) is 4.22. The minimum Gasteiger partial charge on any atom is -0.336 e. The SMILES string of the molecule is Cn1c(Br)nc2c1CN(C(=O)C1CCCC1)CC2. The highest BCUT2D eigenvalue weighted by molar-refractivity contribution is 9.10. The van der Waals surface area contributed by atoms with E-state index in [-0.39, 0.29) is 5.92 Å². The number of imidazole rings is 1. The largest absolute Gasteiger partial charge is 0.336 e. The normalized spacial score (nSPS) is 20.2. The summed E-state index contributed by atoms with van der Waals surface area (Å²) < 4.78 is 2.91. The first kappa shape index (κ1) is 12.2. The molecule has 3 rings (SSSR count). The van der Waals surface area contributed by atoms with Crippen LogP contribution < -0.4 is 0 Å². The molecule has 1 fully saturated rings. The van der Waals surface area contributed by atoms with Crippen molar-refractivity contribution in [2.45, 2.75) is 38.6 Å². The average molecular weight is 312 g/mol. The Hall–Kier alpha value is -0.840. The van der Waals surface area contributed by atoms with E-state index in [0.717, 1.165) is 42.8 Å². The highest BCUT2D eigenvalue weighted by Crippen LogP contribution is 2.29. The van der Waals surface area contributed by atoms with E-state index >= 15 is 0 Å². The Balaban J connectivity index is 1.77. The number of hydrogen-bond acceptors (Lipinski definition) is 2. The van der Waals surface area contributed by atoms with Crippen molar-refractivity contribution in [1.82, 2.24) is 14.5 Å². The zero-order chi connectivity index (χ0) is 12.7. The molecule has 98 valence electrons. The molecule has 4 nitrogen and oxygen atoms in total. The monoisotopic (exact) mass is 311 g/mol. The quantitative estimate of drug-likeness (QED) is 0.798. The fourth-order valence-electron chi connectivity index (χ4n) is 3.07. The molecule has 0 aromatic carbocycles. The zero-order valence-corrected chi connectivity index (χ0v) is 12.2. The van der Waals surface area contributed by atoms with Gasteiger partial charge in [-0.3, -0.25) is 4.79 Å². The average Bonchev–Trinajstić information content (AvgIpc) is 2.99. The number of aromatic nitrogens is 2. The first-order valence-electron chi connectivity index (χ1n) is 6.65. The molecule has 0 spiro atoms. The maximum absolute atomic E-state index is 12.4. The van der Waals surface area contributed by atoms with Crippen LogP contribution in [0.4, 0.5) is 0 Å². The second-order valence-electron chi connectivity index (χ2n) is 5.32. The molecule has 1 aliphatic carbocycles. The molecule has 0 radical (unpaired) electrons. The maximum Gasteiger partial charge on any atom is 0.226 e. The Morgan fingerprint density at radius 3 is 2.83 bits per heavy atom. The van der Waals surface area contributed by atoms with Crippen molar-refractivity contribution in [3.8, 4) is 0 Å². The molecule has 1 aromatic heterocycles. The smallest absolute Gasteiger partial charge is 0.226 e. The van der Waals surface area contributed by atoms with Gasteiger partial charge in [0.2, 0.25) is 5.91 Å². The predicted octanol–water partition coefficient (Wildman–Crippen LogP) is 2.26. The Bertz CT molecular complexity index is 477. The van der Waals surface area contributed by atoms with Gasteiger partial charge in [-0.2, -0.15) is 0 Å². The van der Waals surface area contributed by atoms with Crippen LogP contribution in [0.3, 0.4) is 0 Å². The molecule has 0 N–H and O–H groups in total. The topological polar surface area (TPSA) is 38.1 Å². The van der Waals surface area contributed by atoms with Gasteiger partial charge in [-0.05, 0) is 28.8 Å². The van der Waals surface area contributed by atoms with Crippen LogP contribution in [0.25, 0.3) is 0 Å². The van der Waals surface area contributed by atoms with E-state index in [1.54, 1.807) is 0 Å². The molecule has 1 saturated carbocycles. The molecule has 5 heteroatoms. The van der Waals surface area contributed by atoms with Gasteiger partial charge < -0.3 is 9.47 Å². The maximum atomic E-state index is 12.4. The van der Waals surface area contributed by atoms with Crippen molar-refractivity contribution in [1.29, 1.82) is 0 Å². The van der Waals surface area contributed by atoms with Gasteiger partial charge in [0.1, 0.15) is 0 Å². The van der Waals surface area contributed by atoms with E-state index in [1.807, 2.05) is 16.5 Å². The van der Waals surface area contributed by atoms with Crippen LogP contribution in [0.2, 0.25) is 0 Å². The van der Waals surface area contributed by atoms with Crippen LogP contribution in [0.1, 0.15) is 37.1 Å². The number of rotatable bonds is 1. The molecular weight excluding hydrogens is 294 g/mol. The highest BCUT2D eigenvalue weighted by Gasteiger charge is 2.31. The lowest BCUT2D eigenvalue weighted by molar-refractivity contribution is -0.136. The van der Waals surface area contributed by atoms with Gasteiger partial charge in [0.15, 0.2) is 4.73 Å². The lowest BCUT2D eigenvalue weighted by Crippen LogP contribution is -2.39. The predicted molar refractivity (Wildman–Crippen MR) is 72.0 cm³/mol. The molecule has 0 saturated heterocycles. The summed E-state index contributed by atoms with van der Waals surface area (Å²) >= 11 is 3.45. The van der Waals surface area contributed by atoms with Gasteiger partial charge in [0, 0.05) is 25.9 Å². The molecule has 1 aromatic rings. The Labute approximate surface area is 115 Å². The lowest BCUT2D eigenvalue weighted by Gasteiger charge is -2.29. The summed E-state index contributed by atoms with van der Waals surface area (Å²) in [5, 5.41) is 0. The Morgan fingerprint density at radius 1 is 1.39 bits per heavy atom. The first-order chi connectivity index (χ1) is 8.66. The van der Waals surface area contributed by atoms with Crippen molar-refractivity contribution < 1.29 is 4.79 Å². The number of carbonyl (C=O) groups excluding carboxylic acids is 1. The number of amides is 1. The second-order valence-corrected chi connectivity index (χ2v) is 6.03. The van der Waals surface area contributed by atoms with E-state index in [0.29, 0.717) is 5.91 Å². The highest BCUT2D eigenvalue weighted by atomic mass is 79.9.